The summed E-state index contributed by atoms with van der Waals surface area (Å²) in [6, 6.07) is 0. The fourth-order valence-electron chi connectivity index (χ4n) is 8.75. The van der Waals surface area contributed by atoms with Gasteiger partial charge in [0, 0.05) is 19.3 Å². The molecular weight excluding hydrogens is 781 g/mol. The van der Waals surface area contributed by atoms with Crippen LogP contribution in [-0.2, 0) is 28.6 Å². The smallest absolute Gasteiger partial charge is 0.306 e. The zero-order chi connectivity index (χ0) is 45.9. The average Bonchev–Trinajstić information content (AvgIpc) is 3.27. The minimum Gasteiger partial charge on any atom is -0.462 e. The molecular formula is C57H110O6. The van der Waals surface area contributed by atoms with Crippen LogP contribution in [0.15, 0.2) is 0 Å². The molecule has 6 nitrogen and oxygen atoms in total. The van der Waals surface area contributed by atoms with E-state index in [1.807, 2.05) is 0 Å². The van der Waals surface area contributed by atoms with Crippen LogP contribution in [0.1, 0.15) is 323 Å². The van der Waals surface area contributed by atoms with Gasteiger partial charge < -0.3 is 14.2 Å². The molecule has 0 aliphatic heterocycles. The molecule has 0 amide bonds. The standard InChI is InChI=1S/C57H110O6/c1-5-7-9-11-13-15-17-18-19-20-23-27-30-34-38-42-46-50-57(60)63-54(51-61-55(58)48-44-40-36-32-16-14-12-10-8-6-2)52-62-56(59)49-45-41-37-33-29-26-24-21-22-25-28-31-35-39-43-47-53(3)4/h53-54H,5-52H2,1-4H3/t54-/m0/s1. The van der Waals surface area contributed by atoms with Gasteiger partial charge in [-0.05, 0) is 25.2 Å². The zero-order valence-electron chi connectivity index (χ0n) is 43.0. The highest BCUT2D eigenvalue weighted by atomic mass is 16.6. The van der Waals surface area contributed by atoms with Crippen molar-refractivity contribution in [1.82, 2.24) is 0 Å². The van der Waals surface area contributed by atoms with Gasteiger partial charge in [-0.15, -0.1) is 0 Å². The summed E-state index contributed by atoms with van der Waals surface area (Å²) in [5.74, 6) is 0.0107. The van der Waals surface area contributed by atoms with Gasteiger partial charge in [0.15, 0.2) is 6.10 Å². The summed E-state index contributed by atoms with van der Waals surface area (Å²) in [5.41, 5.74) is 0. The molecule has 0 bridgehead atoms. The summed E-state index contributed by atoms with van der Waals surface area (Å²) >= 11 is 0. The second kappa shape index (κ2) is 51.4. The maximum absolute atomic E-state index is 12.8. The summed E-state index contributed by atoms with van der Waals surface area (Å²) in [6.07, 6.45) is 55.2. The monoisotopic (exact) mass is 891 g/mol. The molecule has 0 fully saturated rings. The number of esters is 3. The molecule has 0 radical (unpaired) electrons. The number of carbonyl (C=O) groups excluding carboxylic acids is 3. The fourth-order valence-corrected chi connectivity index (χ4v) is 8.75. The molecule has 0 aromatic carbocycles. The molecule has 0 N–H and O–H groups in total. The highest BCUT2D eigenvalue weighted by Crippen LogP contribution is 2.18. The molecule has 63 heavy (non-hydrogen) atoms. The van der Waals surface area contributed by atoms with Crippen molar-refractivity contribution < 1.29 is 28.6 Å². The predicted octanol–water partition coefficient (Wildman–Crippen LogP) is 18.6. The van der Waals surface area contributed by atoms with Gasteiger partial charge in [-0.3, -0.25) is 14.4 Å². The van der Waals surface area contributed by atoms with Crippen LogP contribution in [-0.4, -0.2) is 37.2 Å². The highest BCUT2D eigenvalue weighted by Gasteiger charge is 2.19. The normalized spacial score (nSPS) is 12.0. The van der Waals surface area contributed by atoms with Gasteiger partial charge in [0.05, 0.1) is 0 Å². The number of ether oxygens (including phenoxy) is 3. The van der Waals surface area contributed by atoms with Gasteiger partial charge >= 0.3 is 17.9 Å². The highest BCUT2D eigenvalue weighted by molar-refractivity contribution is 5.71. The first-order valence-electron chi connectivity index (χ1n) is 28.4. The van der Waals surface area contributed by atoms with Crippen LogP contribution in [0.25, 0.3) is 0 Å². The average molecular weight is 892 g/mol. The summed E-state index contributed by atoms with van der Waals surface area (Å²) in [6.45, 7) is 9.05. The Morgan fingerprint density at radius 3 is 0.778 bits per heavy atom. The second-order valence-electron chi connectivity index (χ2n) is 20.1. The first kappa shape index (κ1) is 61.4. The van der Waals surface area contributed by atoms with E-state index in [0.717, 1.165) is 63.7 Å². The molecule has 374 valence electrons. The number of hydrogen-bond donors (Lipinski definition) is 0. The van der Waals surface area contributed by atoms with Crippen LogP contribution < -0.4 is 0 Å². The Morgan fingerprint density at radius 1 is 0.302 bits per heavy atom. The van der Waals surface area contributed by atoms with Gasteiger partial charge in [0.2, 0.25) is 0 Å². The Hall–Kier alpha value is -1.59. The molecule has 0 spiro atoms. The largest absolute Gasteiger partial charge is 0.462 e. The lowest BCUT2D eigenvalue weighted by molar-refractivity contribution is -0.167. The maximum Gasteiger partial charge on any atom is 0.306 e. The van der Waals surface area contributed by atoms with Crippen LogP contribution in [0.4, 0.5) is 0 Å². The molecule has 0 aliphatic rings. The van der Waals surface area contributed by atoms with Crippen molar-refractivity contribution in [3.8, 4) is 0 Å². The van der Waals surface area contributed by atoms with Crippen molar-refractivity contribution >= 4 is 17.9 Å². The van der Waals surface area contributed by atoms with E-state index < -0.39 is 6.10 Å². The van der Waals surface area contributed by atoms with Gasteiger partial charge in [0.1, 0.15) is 13.2 Å². The number of hydrogen-bond acceptors (Lipinski definition) is 6. The van der Waals surface area contributed by atoms with Gasteiger partial charge in [-0.2, -0.15) is 0 Å². The minimum atomic E-state index is -0.761. The quantitative estimate of drug-likeness (QED) is 0.0344. The summed E-state index contributed by atoms with van der Waals surface area (Å²) < 4.78 is 16.9. The number of carbonyl (C=O) groups is 3. The Balaban J connectivity index is 4.24. The second-order valence-corrected chi connectivity index (χ2v) is 20.1. The van der Waals surface area contributed by atoms with Gasteiger partial charge in [-0.25, -0.2) is 0 Å². The Morgan fingerprint density at radius 2 is 0.524 bits per heavy atom. The van der Waals surface area contributed by atoms with E-state index in [4.69, 9.17) is 14.2 Å². The van der Waals surface area contributed by atoms with E-state index >= 15 is 0 Å². The van der Waals surface area contributed by atoms with Crippen molar-refractivity contribution in [3.05, 3.63) is 0 Å². The van der Waals surface area contributed by atoms with Crippen molar-refractivity contribution in [1.29, 1.82) is 0 Å². The molecule has 0 aromatic heterocycles. The van der Waals surface area contributed by atoms with E-state index in [1.54, 1.807) is 0 Å². The Kier molecular flexibility index (Phi) is 50.1. The van der Waals surface area contributed by atoms with Crippen molar-refractivity contribution in [3.63, 3.8) is 0 Å². The van der Waals surface area contributed by atoms with E-state index in [2.05, 4.69) is 27.7 Å². The third-order valence-corrected chi connectivity index (χ3v) is 13.0. The molecule has 0 saturated heterocycles. The zero-order valence-corrected chi connectivity index (χ0v) is 43.0. The third-order valence-electron chi connectivity index (χ3n) is 13.0. The summed E-state index contributed by atoms with van der Waals surface area (Å²) in [7, 11) is 0. The molecule has 0 aliphatic carbocycles. The molecule has 0 saturated carbocycles. The lowest BCUT2D eigenvalue weighted by Gasteiger charge is -2.18. The van der Waals surface area contributed by atoms with Crippen molar-refractivity contribution in [2.24, 2.45) is 5.92 Å². The molecule has 0 heterocycles. The third kappa shape index (κ3) is 51.3. The molecule has 6 heteroatoms. The van der Waals surface area contributed by atoms with Crippen molar-refractivity contribution in [2.75, 3.05) is 13.2 Å². The van der Waals surface area contributed by atoms with Crippen LogP contribution >= 0.6 is 0 Å². The minimum absolute atomic E-state index is 0.0620. The van der Waals surface area contributed by atoms with Gasteiger partial charge in [0.25, 0.3) is 0 Å². The number of rotatable bonds is 52. The predicted molar refractivity (Wildman–Crippen MR) is 270 cm³/mol. The van der Waals surface area contributed by atoms with Crippen LogP contribution in [0, 0.1) is 5.92 Å². The van der Waals surface area contributed by atoms with Crippen LogP contribution in [0.5, 0.6) is 0 Å². The molecule has 1 atom stereocenters. The van der Waals surface area contributed by atoms with Crippen LogP contribution in [0.3, 0.4) is 0 Å². The van der Waals surface area contributed by atoms with E-state index in [1.165, 1.54) is 218 Å². The van der Waals surface area contributed by atoms with Crippen LogP contribution in [0.2, 0.25) is 0 Å². The maximum atomic E-state index is 12.8. The lowest BCUT2D eigenvalue weighted by Crippen LogP contribution is -2.30. The van der Waals surface area contributed by atoms with Gasteiger partial charge in [-0.1, -0.05) is 285 Å². The SMILES string of the molecule is CCCCCCCCCCCCCCCCCCCC(=O)O[C@@H](COC(=O)CCCCCCCCCCCC)COC(=O)CCCCCCCCCCCCCCCCCC(C)C. The first-order valence-corrected chi connectivity index (χ1v) is 28.4. The van der Waals surface area contributed by atoms with E-state index in [-0.39, 0.29) is 31.1 Å². The number of unbranched alkanes of at least 4 members (excludes halogenated alkanes) is 39. The molecule has 0 aromatic rings. The topological polar surface area (TPSA) is 78.9 Å². The lowest BCUT2D eigenvalue weighted by atomic mass is 10.0. The van der Waals surface area contributed by atoms with E-state index in [9.17, 15) is 14.4 Å². The summed E-state index contributed by atoms with van der Waals surface area (Å²) in [4.78, 5) is 38.0. The van der Waals surface area contributed by atoms with E-state index in [0.29, 0.717) is 19.3 Å². The molecule has 0 rings (SSSR count). The summed E-state index contributed by atoms with van der Waals surface area (Å²) in [5, 5.41) is 0. The van der Waals surface area contributed by atoms with Crippen molar-refractivity contribution in [2.45, 2.75) is 329 Å². The first-order chi connectivity index (χ1) is 30.9. The Bertz CT molecular complexity index is 949. The molecule has 0 unspecified atom stereocenters. The fraction of sp³-hybridized carbons (Fsp3) is 0.947. The Labute approximate surface area is 393 Å².